The van der Waals surface area contributed by atoms with Gasteiger partial charge in [-0.05, 0) is 31.9 Å². The van der Waals surface area contributed by atoms with E-state index in [9.17, 15) is 19.7 Å². The van der Waals surface area contributed by atoms with E-state index in [4.69, 9.17) is 0 Å². The van der Waals surface area contributed by atoms with Gasteiger partial charge in [0.1, 0.15) is 0 Å². The Morgan fingerprint density at radius 3 is 2.50 bits per heavy atom. The minimum absolute atomic E-state index is 0.0593. The van der Waals surface area contributed by atoms with Crippen molar-refractivity contribution in [1.82, 2.24) is 15.2 Å². The second-order valence-corrected chi connectivity index (χ2v) is 6.36. The molecule has 0 saturated carbocycles. The summed E-state index contributed by atoms with van der Waals surface area (Å²) in [6.07, 6.45) is 0.343. The zero-order chi connectivity index (χ0) is 19.4. The van der Waals surface area contributed by atoms with Crippen LogP contribution in [0.2, 0.25) is 0 Å². The highest BCUT2D eigenvalue weighted by Gasteiger charge is 2.16. The van der Waals surface area contributed by atoms with Crippen molar-refractivity contribution in [3.8, 4) is 5.69 Å². The molecule has 0 atom stereocenters. The van der Waals surface area contributed by atoms with Crippen LogP contribution >= 0.6 is 0 Å². The van der Waals surface area contributed by atoms with E-state index in [-0.39, 0.29) is 23.1 Å². The Kier molecular flexibility index (Phi) is 5.71. The number of nitrogens with zero attached hydrogens (tertiary/aromatic N) is 3. The molecule has 2 aromatic rings. The maximum Gasteiger partial charge on any atom is 0.280 e. The number of hydrazone groups is 1. The molecule has 2 rings (SSSR count). The number of hydrogen-bond donors (Lipinski definition) is 2. The molecule has 1 aromatic heterocycles. The molecule has 0 aliphatic rings. The van der Waals surface area contributed by atoms with Crippen LogP contribution in [0.25, 0.3) is 5.69 Å². The van der Waals surface area contributed by atoms with E-state index >= 15 is 0 Å². The van der Waals surface area contributed by atoms with E-state index in [2.05, 4.69) is 15.6 Å². The summed E-state index contributed by atoms with van der Waals surface area (Å²) >= 11 is 0. The average Bonchev–Trinajstić information content (AvgIpc) is 2.87. The van der Waals surface area contributed by atoms with Gasteiger partial charge in [-0.2, -0.15) is 5.10 Å². The number of nitrogens with one attached hydrogen (secondary N) is 2. The predicted molar refractivity (Wildman–Crippen MR) is 97.6 cm³/mol. The van der Waals surface area contributed by atoms with Crippen molar-refractivity contribution in [3.05, 3.63) is 56.0 Å². The number of H-pyrrole nitrogens is 1. The van der Waals surface area contributed by atoms with Crippen LogP contribution in [0, 0.1) is 23.0 Å². The normalized spacial score (nSPS) is 11.7. The molecule has 0 unspecified atom stereocenters. The Morgan fingerprint density at radius 2 is 1.96 bits per heavy atom. The monoisotopic (exact) mass is 359 g/mol. The molecule has 0 aliphatic carbocycles. The highest BCUT2D eigenvalue weighted by molar-refractivity contribution is 6.00. The molecule has 0 fully saturated rings. The number of nitro benzene ring substituents is 1. The Labute approximate surface area is 149 Å². The second-order valence-electron chi connectivity index (χ2n) is 6.36. The molecule has 0 aliphatic heterocycles. The number of carbonyl (C=O) groups is 1. The van der Waals surface area contributed by atoms with Crippen LogP contribution in [-0.2, 0) is 4.79 Å². The van der Waals surface area contributed by atoms with Gasteiger partial charge in [0.25, 0.3) is 11.2 Å². The van der Waals surface area contributed by atoms with Crippen molar-refractivity contribution < 1.29 is 9.72 Å². The van der Waals surface area contributed by atoms with E-state index in [0.717, 1.165) is 0 Å². The molecule has 138 valence electrons. The quantitative estimate of drug-likeness (QED) is 0.466. The molecule has 9 heteroatoms. The van der Waals surface area contributed by atoms with Crippen LogP contribution in [0.4, 0.5) is 5.69 Å². The van der Waals surface area contributed by atoms with Crippen molar-refractivity contribution in [2.75, 3.05) is 0 Å². The number of amides is 1. The van der Waals surface area contributed by atoms with Gasteiger partial charge < -0.3 is 0 Å². The lowest BCUT2D eigenvalue weighted by Gasteiger charge is -2.03. The topological polar surface area (TPSA) is 122 Å². The third-order valence-electron chi connectivity index (χ3n) is 3.69. The van der Waals surface area contributed by atoms with Crippen LogP contribution in [0.5, 0.6) is 0 Å². The second kappa shape index (κ2) is 7.77. The van der Waals surface area contributed by atoms with Crippen LogP contribution in [0.1, 0.15) is 38.4 Å². The first-order valence-corrected chi connectivity index (χ1v) is 8.10. The summed E-state index contributed by atoms with van der Waals surface area (Å²) < 4.78 is 1.28. The SMILES string of the molecule is C/C(=N\NC(=O)CC(C)C)c1c(C)[nH]n(-c2ccc([N+](=O)[O-])cc2)c1=O. The van der Waals surface area contributed by atoms with E-state index < -0.39 is 4.92 Å². The van der Waals surface area contributed by atoms with Gasteiger partial charge in [0.2, 0.25) is 5.91 Å². The number of nitro groups is 1. The molecule has 1 aromatic carbocycles. The molecular formula is C17H21N5O4. The number of carbonyl (C=O) groups excluding carboxylic acids is 1. The number of aromatic nitrogens is 2. The smallest absolute Gasteiger partial charge is 0.280 e. The zero-order valence-corrected chi connectivity index (χ0v) is 15.1. The predicted octanol–water partition coefficient (Wildman–Crippen LogP) is 2.27. The fourth-order valence-corrected chi connectivity index (χ4v) is 2.50. The Balaban J connectivity index is 2.31. The number of rotatable bonds is 6. The highest BCUT2D eigenvalue weighted by Crippen LogP contribution is 2.14. The number of hydrogen-bond acceptors (Lipinski definition) is 5. The van der Waals surface area contributed by atoms with Crippen LogP contribution in [0.15, 0.2) is 34.2 Å². The summed E-state index contributed by atoms with van der Waals surface area (Å²) in [5, 5.41) is 17.7. The summed E-state index contributed by atoms with van der Waals surface area (Å²) in [5.74, 6) is -0.0119. The lowest BCUT2D eigenvalue weighted by atomic mass is 10.1. The summed E-state index contributed by atoms with van der Waals surface area (Å²) in [6, 6.07) is 5.61. The molecule has 1 heterocycles. The maximum atomic E-state index is 12.7. The molecule has 1 amide bonds. The summed E-state index contributed by atoms with van der Waals surface area (Å²) in [5.41, 5.74) is 3.80. The lowest BCUT2D eigenvalue weighted by molar-refractivity contribution is -0.384. The van der Waals surface area contributed by atoms with Crippen LogP contribution in [-0.4, -0.2) is 26.3 Å². The molecule has 9 nitrogen and oxygen atoms in total. The Morgan fingerprint density at radius 1 is 1.35 bits per heavy atom. The van der Waals surface area contributed by atoms with Crippen molar-refractivity contribution in [2.24, 2.45) is 11.0 Å². The average molecular weight is 359 g/mol. The highest BCUT2D eigenvalue weighted by atomic mass is 16.6. The van der Waals surface area contributed by atoms with Gasteiger partial charge in [-0.15, -0.1) is 0 Å². The fraction of sp³-hybridized carbons (Fsp3) is 0.353. The standard InChI is InChI=1S/C17H21N5O4/c1-10(2)9-15(23)19-18-11(3)16-12(4)20-21(17(16)24)13-5-7-14(8-6-13)22(25)26/h5-8,10,20H,9H2,1-4H3,(H,19,23)/b18-11+. The number of aromatic amines is 1. The van der Waals surface area contributed by atoms with E-state index in [1.165, 1.54) is 28.9 Å². The molecule has 2 N–H and O–H groups in total. The van der Waals surface area contributed by atoms with Gasteiger partial charge in [-0.1, -0.05) is 13.8 Å². The van der Waals surface area contributed by atoms with Gasteiger partial charge >= 0.3 is 0 Å². The Bertz CT molecular complexity index is 906. The molecule has 26 heavy (non-hydrogen) atoms. The number of non-ortho nitro benzene ring substituents is 1. The van der Waals surface area contributed by atoms with Crippen molar-refractivity contribution in [1.29, 1.82) is 0 Å². The zero-order valence-electron chi connectivity index (χ0n) is 15.1. The summed E-state index contributed by atoms with van der Waals surface area (Å²) in [4.78, 5) is 34.6. The van der Waals surface area contributed by atoms with Gasteiger partial charge in [0.15, 0.2) is 0 Å². The van der Waals surface area contributed by atoms with E-state index in [1.807, 2.05) is 13.8 Å². The first kappa shape index (κ1) is 19.1. The van der Waals surface area contributed by atoms with E-state index in [0.29, 0.717) is 29.1 Å². The molecule has 0 saturated heterocycles. The first-order chi connectivity index (χ1) is 12.2. The fourth-order valence-electron chi connectivity index (χ4n) is 2.50. The van der Waals surface area contributed by atoms with Crippen molar-refractivity contribution in [3.63, 3.8) is 0 Å². The number of aryl methyl sites for hydroxylation is 1. The molecule has 0 bridgehead atoms. The number of benzene rings is 1. The van der Waals surface area contributed by atoms with Gasteiger partial charge in [0, 0.05) is 24.2 Å². The van der Waals surface area contributed by atoms with Crippen molar-refractivity contribution >= 4 is 17.3 Å². The molecule has 0 radical (unpaired) electrons. The van der Waals surface area contributed by atoms with Gasteiger partial charge in [0.05, 0.1) is 21.9 Å². The minimum atomic E-state index is -0.505. The summed E-state index contributed by atoms with van der Waals surface area (Å²) in [6.45, 7) is 7.20. The van der Waals surface area contributed by atoms with Gasteiger partial charge in [-0.3, -0.25) is 24.8 Å². The van der Waals surface area contributed by atoms with Crippen LogP contribution in [0.3, 0.4) is 0 Å². The maximum absolute atomic E-state index is 12.7. The van der Waals surface area contributed by atoms with Crippen molar-refractivity contribution in [2.45, 2.75) is 34.1 Å². The van der Waals surface area contributed by atoms with Gasteiger partial charge in [-0.25, -0.2) is 10.1 Å². The summed E-state index contributed by atoms with van der Waals surface area (Å²) in [7, 11) is 0. The third-order valence-corrected chi connectivity index (χ3v) is 3.69. The lowest BCUT2D eigenvalue weighted by Crippen LogP contribution is -2.24. The Hall–Kier alpha value is -3.23. The van der Waals surface area contributed by atoms with E-state index in [1.54, 1.807) is 13.8 Å². The molecule has 0 spiro atoms. The third kappa shape index (κ3) is 4.24. The largest absolute Gasteiger partial charge is 0.295 e. The molecular weight excluding hydrogens is 338 g/mol. The first-order valence-electron chi connectivity index (χ1n) is 8.10. The minimum Gasteiger partial charge on any atom is -0.295 e. The van der Waals surface area contributed by atoms with Crippen LogP contribution < -0.4 is 11.0 Å².